The molecule has 0 fully saturated rings. The van der Waals surface area contributed by atoms with Crippen LogP contribution < -0.4 is 0 Å². The molecule has 1 aliphatic rings. The van der Waals surface area contributed by atoms with E-state index in [-0.39, 0.29) is 16.0 Å². The molecule has 6 rings (SSSR count). The molecule has 3 heteroatoms. The van der Waals surface area contributed by atoms with Crippen molar-refractivity contribution in [2.24, 2.45) is 0 Å². The van der Waals surface area contributed by atoms with Crippen LogP contribution in [-0.4, -0.2) is 4.92 Å². The maximum atomic E-state index is 11.6. The highest BCUT2D eigenvalue weighted by Crippen LogP contribution is 2.55. The van der Waals surface area contributed by atoms with Crippen LogP contribution in [0.25, 0.3) is 43.8 Å². The normalized spacial score (nSPS) is 13.8. The van der Waals surface area contributed by atoms with Gasteiger partial charge in [0.2, 0.25) is 0 Å². The Bertz CT molecular complexity index is 1580. The lowest BCUT2D eigenvalue weighted by Crippen LogP contribution is -2.15. The van der Waals surface area contributed by atoms with Crippen LogP contribution in [-0.2, 0) is 5.41 Å². The fourth-order valence-electron chi connectivity index (χ4n) is 5.53. The zero-order valence-electron chi connectivity index (χ0n) is 17.9. The lowest BCUT2D eigenvalue weighted by molar-refractivity contribution is -0.384. The van der Waals surface area contributed by atoms with Gasteiger partial charge in [-0.15, -0.1) is 0 Å². The Balaban J connectivity index is 1.70. The number of hydrogen-bond acceptors (Lipinski definition) is 2. The van der Waals surface area contributed by atoms with Crippen molar-refractivity contribution in [1.29, 1.82) is 0 Å². The molecule has 0 atom stereocenters. The Morgan fingerprint density at radius 2 is 1.28 bits per heavy atom. The summed E-state index contributed by atoms with van der Waals surface area (Å²) < 4.78 is 0. The number of rotatable bonds is 2. The van der Waals surface area contributed by atoms with E-state index in [2.05, 4.69) is 74.5 Å². The largest absolute Gasteiger partial charge is 0.277 e. The highest BCUT2D eigenvalue weighted by molar-refractivity contribution is 6.18. The number of nitrogens with zero attached hydrogens (tertiary/aromatic N) is 1. The van der Waals surface area contributed by atoms with Crippen LogP contribution in [0.15, 0.2) is 91.0 Å². The summed E-state index contributed by atoms with van der Waals surface area (Å²) in [4.78, 5) is 11.3. The van der Waals surface area contributed by atoms with E-state index in [1.807, 2.05) is 18.2 Å². The number of hydrogen-bond donors (Lipinski definition) is 0. The third-order valence-corrected chi connectivity index (χ3v) is 6.93. The average Bonchev–Trinajstić information content (AvgIpc) is 3.06. The van der Waals surface area contributed by atoms with Crippen LogP contribution in [0.1, 0.15) is 25.0 Å². The van der Waals surface area contributed by atoms with E-state index in [0.717, 1.165) is 5.56 Å². The summed E-state index contributed by atoms with van der Waals surface area (Å²) in [5.41, 5.74) is 6.49. The summed E-state index contributed by atoms with van der Waals surface area (Å²) in [7, 11) is 0. The molecule has 154 valence electrons. The van der Waals surface area contributed by atoms with E-state index >= 15 is 0 Å². The van der Waals surface area contributed by atoms with Crippen molar-refractivity contribution in [3.05, 3.63) is 112 Å². The van der Waals surface area contributed by atoms with Crippen molar-refractivity contribution in [1.82, 2.24) is 0 Å². The first-order valence-corrected chi connectivity index (χ1v) is 10.8. The van der Waals surface area contributed by atoms with Gasteiger partial charge >= 0.3 is 0 Å². The second-order valence-electron chi connectivity index (χ2n) is 9.00. The number of para-hydroxylation sites is 1. The molecule has 32 heavy (non-hydrogen) atoms. The molecule has 0 N–H and O–H groups in total. The smallest absolute Gasteiger partial charge is 0.258 e. The van der Waals surface area contributed by atoms with Crippen molar-refractivity contribution in [3.8, 4) is 22.3 Å². The molecule has 0 heterocycles. The molecular formula is C29H21NO2. The highest BCUT2D eigenvalue weighted by atomic mass is 16.6. The Kier molecular flexibility index (Phi) is 3.82. The summed E-state index contributed by atoms with van der Waals surface area (Å²) in [6.45, 7) is 4.53. The molecule has 5 aromatic carbocycles. The van der Waals surface area contributed by atoms with Gasteiger partial charge in [0.05, 0.1) is 10.5 Å². The minimum absolute atomic E-state index is 0.136. The molecule has 0 aliphatic heterocycles. The van der Waals surface area contributed by atoms with Gasteiger partial charge < -0.3 is 0 Å². The maximum absolute atomic E-state index is 11.6. The van der Waals surface area contributed by atoms with Gasteiger partial charge in [0, 0.05) is 11.5 Å². The van der Waals surface area contributed by atoms with E-state index < -0.39 is 0 Å². The van der Waals surface area contributed by atoms with Gasteiger partial charge in [-0.3, -0.25) is 10.1 Å². The van der Waals surface area contributed by atoms with E-state index in [4.69, 9.17) is 0 Å². The fraction of sp³-hybridized carbons (Fsp3) is 0.103. The Labute approximate surface area is 186 Å². The highest BCUT2D eigenvalue weighted by Gasteiger charge is 2.38. The summed E-state index contributed by atoms with van der Waals surface area (Å²) in [5.74, 6) is 0. The summed E-state index contributed by atoms with van der Waals surface area (Å²) >= 11 is 0. The fourth-order valence-corrected chi connectivity index (χ4v) is 5.53. The van der Waals surface area contributed by atoms with Crippen molar-refractivity contribution in [2.75, 3.05) is 0 Å². The number of fused-ring (bicyclic) bond motifs is 8. The number of benzene rings is 5. The Hall–Kier alpha value is -3.98. The molecule has 0 bridgehead atoms. The van der Waals surface area contributed by atoms with Crippen molar-refractivity contribution in [3.63, 3.8) is 0 Å². The second kappa shape index (κ2) is 6.51. The maximum Gasteiger partial charge on any atom is 0.277 e. The van der Waals surface area contributed by atoms with Crippen molar-refractivity contribution in [2.45, 2.75) is 19.3 Å². The Morgan fingerprint density at radius 1 is 0.688 bits per heavy atom. The third-order valence-electron chi connectivity index (χ3n) is 6.93. The zero-order chi connectivity index (χ0) is 22.0. The van der Waals surface area contributed by atoms with E-state index in [0.29, 0.717) is 5.56 Å². The molecule has 0 unspecified atom stereocenters. The lowest BCUT2D eigenvalue weighted by Gasteiger charge is -2.24. The van der Waals surface area contributed by atoms with Crippen molar-refractivity contribution >= 4 is 27.2 Å². The van der Waals surface area contributed by atoms with Crippen LogP contribution in [0, 0.1) is 10.1 Å². The van der Waals surface area contributed by atoms with Gasteiger partial charge in [-0.2, -0.15) is 0 Å². The van der Waals surface area contributed by atoms with E-state index in [9.17, 15) is 10.1 Å². The molecule has 0 radical (unpaired) electrons. The molecule has 0 aromatic heterocycles. The molecule has 5 aromatic rings. The zero-order valence-corrected chi connectivity index (χ0v) is 17.9. The number of nitro groups is 1. The van der Waals surface area contributed by atoms with Gasteiger partial charge in [0.25, 0.3) is 5.69 Å². The standard InChI is InChI=1S/C29H21NO2/c1-29(2)25-17-18(19-9-7-8-14-26(19)30(31)32)15-16-24(25)27-22-12-5-3-10-20(22)21-11-4-6-13-23(21)28(27)29/h3-17H,1-2H3. The topological polar surface area (TPSA) is 43.1 Å². The molecule has 0 spiro atoms. The first kappa shape index (κ1) is 18.8. The lowest BCUT2D eigenvalue weighted by atomic mass is 9.78. The SMILES string of the molecule is CC1(C)c2cc(-c3ccccc3[N+](=O)[O-])ccc2-c2c1c1ccccc1c1ccccc21. The van der Waals surface area contributed by atoms with E-state index in [1.54, 1.807) is 12.1 Å². The number of nitro benzene ring substituents is 1. The monoisotopic (exact) mass is 415 g/mol. The summed E-state index contributed by atoms with van der Waals surface area (Å²) in [6.07, 6.45) is 0. The molecule has 1 aliphatic carbocycles. The van der Waals surface area contributed by atoms with E-state index in [1.165, 1.54) is 43.8 Å². The summed E-state index contributed by atoms with van der Waals surface area (Å²) in [5, 5.41) is 16.7. The van der Waals surface area contributed by atoms with Gasteiger partial charge in [-0.1, -0.05) is 86.6 Å². The molecule has 0 saturated heterocycles. The first-order chi connectivity index (χ1) is 15.5. The van der Waals surface area contributed by atoms with Gasteiger partial charge in [-0.25, -0.2) is 0 Å². The average molecular weight is 415 g/mol. The summed E-state index contributed by atoms with van der Waals surface area (Å²) in [6, 6.07) is 30.5. The first-order valence-electron chi connectivity index (χ1n) is 10.8. The van der Waals surface area contributed by atoms with Crippen LogP contribution in [0.3, 0.4) is 0 Å². The second-order valence-corrected chi connectivity index (χ2v) is 9.00. The van der Waals surface area contributed by atoms with Crippen molar-refractivity contribution < 1.29 is 4.92 Å². The van der Waals surface area contributed by atoms with Crippen LogP contribution in [0.2, 0.25) is 0 Å². The van der Waals surface area contributed by atoms with Crippen LogP contribution in [0.5, 0.6) is 0 Å². The minimum atomic E-state index is -0.302. The van der Waals surface area contributed by atoms with Crippen LogP contribution in [0.4, 0.5) is 5.69 Å². The molecular weight excluding hydrogens is 394 g/mol. The predicted octanol–water partition coefficient (Wildman–Crippen LogP) is 7.87. The van der Waals surface area contributed by atoms with Gasteiger partial charge in [0.15, 0.2) is 0 Å². The molecule has 0 amide bonds. The van der Waals surface area contributed by atoms with Gasteiger partial charge in [0.1, 0.15) is 0 Å². The molecule has 3 nitrogen and oxygen atoms in total. The quantitative estimate of drug-likeness (QED) is 0.167. The van der Waals surface area contributed by atoms with Gasteiger partial charge in [-0.05, 0) is 61.5 Å². The predicted molar refractivity (Wildman–Crippen MR) is 131 cm³/mol. The third kappa shape index (κ3) is 2.42. The molecule has 0 saturated carbocycles. The van der Waals surface area contributed by atoms with Crippen LogP contribution >= 0.6 is 0 Å². The minimum Gasteiger partial charge on any atom is -0.258 e. The Morgan fingerprint density at radius 3 is 2.00 bits per heavy atom.